The zero-order valence-corrected chi connectivity index (χ0v) is 17.3. The summed E-state index contributed by atoms with van der Waals surface area (Å²) < 4.78 is 32.9. The molecule has 127 valence electrons. The zero-order chi connectivity index (χ0) is 16.1. The molecule has 0 atom stereocenters. The van der Waals surface area contributed by atoms with Crippen molar-refractivity contribution in [2.24, 2.45) is 0 Å². The summed E-state index contributed by atoms with van der Waals surface area (Å²) in [5.74, 6) is 0.273. The third-order valence-corrected chi connectivity index (χ3v) is 4.27. The summed E-state index contributed by atoms with van der Waals surface area (Å²) in [5.41, 5.74) is 0. The SMILES string of the molecule is CCCCCCCCCCCOS(=O)(=O)Oc1ccccc1.[Na]. The van der Waals surface area contributed by atoms with Gasteiger partial charge < -0.3 is 4.18 Å². The fourth-order valence-electron chi connectivity index (χ4n) is 2.19. The van der Waals surface area contributed by atoms with Crippen LogP contribution in [0.25, 0.3) is 0 Å². The second-order valence-electron chi connectivity index (χ2n) is 5.46. The molecular weight excluding hydrogens is 323 g/mol. The average Bonchev–Trinajstić information content (AvgIpc) is 2.49. The monoisotopic (exact) mass is 351 g/mol. The Kier molecular flexibility index (Phi) is 14.2. The minimum absolute atomic E-state index is 0. The first-order valence-corrected chi connectivity index (χ1v) is 9.61. The molecule has 1 rings (SSSR count). The molecule has 1 radical (unpaired) electrons. The third kappa shape index (κ3) is 13.0. The van der Waals surface area contributed by atoms with Crippen molar-refractivity contribution in [2.75, 3.05) is 6.61 Å². The van der Waals surface area contributed by atoms with Crippen molar-refractivity contribution in [1.82, 2.24) is 0 Å². The number of hydrogen-bond acceptors (Lipinski definition) is 4. The van der Waals surface area contributed by atoms with Crippen molar-refractivity contribution in [3.8, 4) is 5.75 Å². The van der Waals surface area contributed by atoms with E-state index in [1.54, 1.807) is 30.3 Å². The Morgan fingerprint density at radius 1 is 0.826 bits per heavy atom. The molecular formula is C17H28NaO4S. The molecule has 0 heterocycles. The van der Waals surface area contributed by atoms with E-state index in [1.165, 1.54) is 38.5 Å². The predicted octanol–water partition coefficient (Wildman–Crippen LogP) is 4.48. The van der Waals surface area contributed by atoms with Crippen molar-refractivity contribution < 1.29 is 16.8 Å². The van der Waals surface area contributed by atoms with Gasteiger partial charge in [0.25, 0.3) is 0 Å². The molecule has 6 heteroatoms. The molecule has 0 N–H and O–H groups in total. The number of rotatable bonds is 13. The van der Waals surface area contributed by atoms with Crippen LogP contribution in [0.15, 0.2) is 30.3 Å². The summed E-state index contributed by atoms with van der Waals surface area (Å²) in [5, 5.41) is 0. The van der Waals surface area contributed by atoms with Crippen LogP contribution in [0.5, 0.6) is 5.75 Å². The molecule has 0 saturated carbocycles. The van der Waals surface area contributed by atoms with Gasteiger partial charge in [-0.3, -0.25) is 0 Å². The molecule has 0 aliphatic carbocycles. The van der Waals surface area contributed by atoms with E-state index in [0.29, 0.717) is 0 Å². The Morgan fingerprint density at radius 2 is 1.35 bits per heavy atom. The van der Waals surface area contributed by atoms with Crippen LogP contribution in [0.4, 0.5) is 0 Å². The standard InChI is InChI=1S/C17H28O4S.Na/c1-2-3-4-5-6-7-8-9-13-16-20-22(18,19)21-17-14-11-10-12-15-17;/h10-12,14-15H,2-9,13,16H2,1H3;. The molecule has 0 amide bonds. The summed E-state index contributed by atoms with van der Waals surface area (Å²) in [6.45, 7) is 2.40. The minimum Gasteiger partial charge on any atom is -0.362 e. The van der Waals surface area contributed by atoms with Gasteiger partial charge in [0.05, 0.1) is 6.61 Å². The van der Waals surface area contributed by atoms with E-state index in [0.717, 1.165) is 19.3 Å². The molecule has 1 aromatic carbocycles. The maximum absolute atomic E-state index is 11.6. The van der Waals surface area contributed by atoms with Gasteiger partial charge in [-0.25, -0.2) is 4.18 Å². The molecule has 4 nitrogen and oxygen atoms in total. The molecule has 0 bridgehead atoms. The molecule has 0 aromatic heterocycles. The quantitative estimate of drug-likeness (QED) is 0.388. The smallest absolute Gasteiger partial charge is 0.362 e. The average molecular weight is 351 g/mol. The number of para-hydroxylation sites is 1. The first kappa shape index (κ1) is 22.9. The number of hydrogen-bond donors (Lipinski definition) is 0. The molecule has 0 unspecified atom stereocenters. The molecule has 0 saturated heterocycles. The van der Waals surface area contributed by atoms with E-state index in [2.05, 4.69) is 6.92 Å². The number of unbranched alkanes of at least 4 members (excludes halogenated alkanes) is 8. The van der Waals surface area contributed by atoms with E-state index in [1.807, 2.05) is 0 Å². The fourth-order valence-corrected chi connectivity index (χ4v) is 2.91. The van der Waals surface area contributed by atoms with Gasteiger partial charge in [-0.15, -0.1) is 0 Å². The van der Waals surface area contributed by atoms with Gasteiger partial charge in [-0.2, -0.15) is 8.42 Å². The van der Waals surface area contributed by atoms with Crippen molar-refractivity contribution in [2.45, 2.75) is 64.7 Å². The summed E-state index contributed by atoms with van der Waals surface area (Å²) in [6, 6.07) is 8.39. The third-order valence-electron chi connectivity index (χ3n) is 3.42. The first-order chi connectivity index (χ1) is 10.6. The van der Waals surface area contributed by atoms with Crippen molar-refractivity contribution >= 4 is 40.0 Å². The maximum Gasteiger partial charge on any atom is 0.449 e. The summed E-state index contributed by atoms with van der Waals surface area (Å²) in [4.78, 5) is 0. The van der Waals surface area contributed by atoms with Gasteiger partial charge in [0.1, 0.15) is 5.75 Å². The van der Waals surface area contributed by atoms with Gasteiger partial charge in [-0.05, 0) is 18.6 Å². The van der Waals surface area contributed by atoms with Crippen LogP contribution >= 0.6 is 0 Å². The summed E-state index contributed by atoms with van der Waals surface area (Å²) >= 11 is 0. The number of benzene rings is 1. The largest absolute Gasteiger partial charge is 0.449 e. The van der Waals surface area contributed by atoms with Crippen LogP contribution in [-0.2, 0) is 14.6 Å². The topological polar surface area (TPSA) is 52.6 Å². The van der Waals surface area contributed by atoms with Gasteiger partial charge in [0.15, 0.2) is 0 Å². The van der Waals surface area contributed by atoms with Gasteiger partial charge >= 0.3 is 10.4 Å². The van der Waals surface area contributed by atoms with Crippen LogP contribution < -0.4 is 4.18 Å². The van der Waals surface area contributed by atoms with E-state index in [-0.39, 0.29) is 41.9 Å². The van der Waals surface area contributed by atoms with Crippen LogP contribution in [0.3, 0.4) is 0 Å². The Labute approximate surface area is 163 Å². The van der Waals surface area contributed by atoms with E-state index >= 15 is 0 Å². The van der Waals surface area contributed by atoms with Crippen LogP contribution in [0.1, 0.15) is 64.7 Å². The molecule has 23 heavy (non-hydrogen) atoms. The van der Waals surface area contributed by atoms with E-state index in [9.17, 15) is 8.42 Å². The van der Waals surface area contributed by atoms with E-state index in [4.69, 9.17) is 8.37 Å². The molecule has 0 aliphatic heterocycles. The molecule has 0 spiro atoms. The minimum atomic E-state index is -3.94. The van der Waals surface area contributed by atoms with Crippen LogP contribution in [0.2, 0.25) is 0 Å². The van der Waals surface area contributed by atoms with Crippen molar-refractivity contribution in [3.63, 3.8) is 0 Å². The van der Waals surface area contributed by atoms with Crippen LogP contribution in [-0.4, -0.2) is 44.6 Å². The fraction of sp³-hybridized carbons (Fsp3) is 0.647. The summed E-state index contributed by atoms with van der Waals surface area (Å²) in [7, 11) is -3.94. The second-order valence-corrected chi connectivity index (χ2v) is 6.67. The van der Waals surface area contributed by atoms with Gasteiger partial charge in [-0.1, -0.05) is 76.5 Å². The zero-order valence-electron chi connectivity index (χ0n) is 14.5. The first-order valence-electron chi connectivity index (χ1n) is 8.28. The van der Waals surface area contributed by atoms with E-state index < -0.39 is 10.4 Å². The Morgan fingerprint density at radius 3 is 1.91 bits per heavy atom. The Hall–Kier alpha value is -0.0700. The second kappa shape index (κ2) is 14.3. The van der Waals surface area contributed by atoms with Gasteiger partial charge in [0, 0.05) is 29.6 Å². The Bertz CT molecular complexity index is 477. The van der Waals surface area contributed by atoms with Gasteiger partial charge in [0.2, 0.25) is 0 Å². The predicted molar refractivity (Wildman–Crippen MR) is 94.9 cm³/mol. The Balaban J connectivity index is 0.00000484. The van der Waals surface area contributed by atoms with Crippen LogP contribution in [0, 0.1) is 0 Å². The molecule has 1 aromatic rings. The normalized spacial score (nSPS) is 11.0. The van der Waals surface area contributed by atoms with Crippen molar-refractivity contribution in [1.29, 1.82) is 0 Å². The maximum atomic E-state index is 11.6. The molecule has 0 fully saturated rings. The van der Waals surface area contributed by atoms with Crippen molar-refractivity contribution in [3.05, 3.63) is 30.3 Å². The summed E-state index contributed by atoms with van der Waals surface area (Å²) in [6.07, 6.45) is 10.6. The molecule has 0 aliphatic rings.